The zero-order valence-electron chi connectivity index (χ0n) is 11.9. The van der Waals surface area contributed by atoms with Crippen LogP contribution in [0, 0.1) is 0 Å². The molecule has 1 aliphatic heterocycles. The summed E-state index contributed by atoms with van der Waals surface area (Å²) in [5, 5.41) is 0. The Morgan fingerprint density at radius 2 is 2.05 bits per heavy atom. The fourth-order valence-corrected chi connectivity index (χ4v) is 2.29. The largest absolute Gasteiger partial charge is 0.454 e. The van der Waals surface area contributed by atoms with Crippen LogP contribution >= 0.6 is 0 Å². The van der Waals surface area contributed by atoms with Crippen molar-refractivity contribution in [1.82, 2.24) is 4.90 Å². The monoisotopic (exact) mass is 264 g/mol. The zero-order valence-corrected chi connectivity index (χ0v) is 11.9. The van der Waals surface area contributed by atoms with E-state index in [9.17, 15) is 0 Å². The van der Waals surface area contributed by atoms with E-state index in [2.05, 4.69) is 31.0 Å². The maximum absolute atomic E-state index is 5.52. The van der Waals surface area contributed by atoms with Crippen LogP contribution in [0.1, 0.15) is 25.3 Å². The number of likely N-dealkylation sites (N-methyl/N-ethyl adjacent to an activating group) is 1. The second-order valence-electron chi connectivity index (χ2n) is 5.22. The van der Waals surface area contributed by atoms with Gasteiger partial charge in [-0.05, 0) is 64.0 Å². The molecule has 1 aromatic carbocycles. The van der Waals surface area contributed by atoms with Crippen LogP contribution in [0.2, 0.25) is 0 Å². The van der Waals surface area contributed by atoms with Crippen LogP contribution in [-0.4, -0.2) is 37.9 Å². The van der Waals surface area contributed by atoms with Crippen LogP contribution in [0.4, 0.5) is 0 Å². The van der Waals surface area contributed by atoms with Gasteiger partial charge in [-0.2, -0.15) is 0 Å². The smallest absolute Gasteiger partial charge is 0.231 e. The molecule has 2 N–H and O–H groups in total. The topological polar surface area (TPSA) is 47.7 Å². The molecule has 1 aromatic rings. The molecule has 2 rings (SSSR count). The lowest BCUT2D eigenvalue weighted by molar-refractivity contribution is 0.174. The summed E-state index contributed by atoms with van der Waals surface area (Å²) >= 11 is 0. The van der Waals surface area contributed by atoms with Gasteiger partial charge in [0.1, 0.15) is 0 Å². The summed E-state index contributed by atoms with van der Waals surface area (Å²) in [6.07, 6.45) is 3.29. The molecule has 0 saturated heterocycles. The van der Waals surface area contributed by atoms with Crippen molar-refractivity contribution >= 4 is 0 Å². The lowest BCUT2D eigenvalue weighted by Gasteiger charge is -2.24. The minimum atomic E-state index is 0.341. The van der Waals surface area contributed by atoms with Crippen molar-refractivity contribution in [3.63, 3.8) is 0 Å². The standard InChI is InChI=1S/C15H24N2O2/c1-12(17(2)8-4-3-7-16)9-13-5-6-14-15(10-13)19-11-18-14/h5-6,10,12H,3-4,7-9,11,16H2,1-2H3. The van der Waals surface area contributed by atoms with Gasteiger partial charge in [-0.15, -0.1) is 0 Å². The fourth-order valence-electron chi connectivity index (χ4n) is 2.29. The predicted molar refractivity (Wildman–Crippen MR) is 76.6 cm³/mol. The van der Waals surface area contributed by atoms with Crippen LogP contribution in [0.3, 0.4) is 0 Å². The van der Waals surface area contributed by atoms with Crippen molar-refractivity contribution < 1.29 is 9.47 Å². The van der Waals surface area contributed by atoms with Gasteiger partial charge in [0.05, 0.1) is 0 Å². The minimum Gasteiger partial charge on any atom is -0.454 e. The number of unbranched alkanes of at least 4 members (excludes halogenated alkanes) is 1. The van der Waals surface area contributed by atoms with Crippen LogP contribution in [-0.2, 0) is 6.42 Å². The summed E-state index contributed by atoms with van der Waals surface area (Å²) in [5.74, 6) is 1.73. The Morgan fingerprint density at radius 1 is 1.26 bits per heavy atom. The van der Waals surface area contributed by atoms with Gasteiger partial charge in [-0.1, -0.05) is 6.07 Å². The second-order valence-corrected chi connectivity index (χ2v) is 5.22. The molecule has 0 radical (unpaired) electrons. The molecule has 1 atom stereocenters. The van der Waals surface area contributed by atoms with E-state index in [-0.39, 0.29) is 0 Å². The maximum atomic E-state index is 5.52. The van der Waals surface area contributed by atoms with Crippen LogP contribution < -0.4 is 15.2 Å². The van der Waals surface area contributed by atoms with Crippen molar-refractivity contribution in [2.24, 2.45) is 5.73 Å². The van der Waals surface area contributed by atoms with E-state index in [1.165, 1.54) is 12.0 Å². The van der Waals surface area contributed by atoms with Crippen molar-refractivity contribution in [2.45, 2.75) is 32.2 Å². The van der Waals surface area contributed by atoms with Gasteiger partial charge in [0.15, 0.2) is 11.5 Å². The molecule has 0 aliphatic carbocycles. The quantitative estimate of drug-likeness (QED) is 0.765. The molecule has 4 nitrogen and oxygen atoms in total. The van der Waals surface area contributed by atoms with E-state index in [0.29, 0.717) is 12.8 Å². The summed E-state index contributed by atoms with van der Waals surface area (Å²) in [6.45, 7) is 4.48. The summed E-state index contributed by atoms with van der Waals surface area (Å²) in [4.78, 5) is 2.39. The van der Waals surface area contributed by atoms with Crippen LogP contribution in [0.5, 0.6) is 11.5 Å². The average molecular weight is 264 g/mol. The Labute approximate surface area is 115 Å². The number of nitrogens with two attached hydrogens (primary N) is 1. The minimum absolute atomic E-state index is 0.341. The molecule has 4 heteroatoms. The highest BCUT2D eigenvalue weighted by Gasteiger charge is 2.15. The average Bonchev–Trinajstić information content (AvgIpc) is 2.86. The molecule has 0 amide bonds. The number of fused-ring (bicyclic) bond motifs is 1. The van der Waals surface area contributed by atoms with E-state index in [0.717, 1.165) is 37.4 Å². The summed E-state index contributed by atoms with van der Waals surface area (Å²) in [5.41, 5.74) is 6.82. The molecule has 0 bridgehead atoms. The molecule has 1 heterocycles. The Balaban J connectivity index is 1.86. The van der Waals surface area contributed by atoms with E-state index in [1.54, 1.807) is 0 Å². The summed E-state index contributed by atoms with van der Waals surface area (Å²) in [7, 11) is 2.17. The Hall–Kier alpha value is -1.26. The predicted octanol–water partition coefficient (Wildman–Crippen LogP) is 2.02. The van der Waals surface area contributed by atoms with Crippen LogP contribution in [0.15, 0.2) is 18.2 Å². The lowest BCUT2D eigenvalue weighted by atomic mass is 10.1. The molecule has 0 aromatic heterocycles. The molecule has 0 spiro atoms. The van der Waals surface area contributed by atoms with Gasteiger partial charge >= 0.3 is 0 Å². The molecular weight excluding hydrogens is 240 g/mol. The van der Waals surface area contributed by atoms with Gasteiger partial charge < -0.3 is 20.1 Å². The second kappa shape index (κ2) is 6.78. The number of hydrogen-bond acceptors (Lipinski definition) is 4. The number of benzene rings is 1. The van der Waals surface area contributed by atoms with Crippen molar-refractivity contribution in [3.8, 4) is 11.5 Å². The Bertz CT molecular complexity index is 409. The number of hydrogen-bond donors (Lipinski definition) is 1. The van der Waals surface area contributed by atoms with Crippen molar-refractivity contribution in [3.05, 3.63) is 23.8 Å². The highest BCUT2D eigenvalue weighted by molar-refractivity contribution is 5.44. The first kappa shape index (κ1) is 14.2. The molecule has 0 fully saturated rings. The van der Waals surface area contributed by atoms with E-state index in [4.69, 9.17) is 15.2 Å². The van der Waals surface area contributed by atoms with Gasteiger partial charge in [0.2, 0.25) is 6.79 Å². The number of rotatable bonds is 7. The Kier molecular flexibility index (Phi) is 5.05. The van der Waals surface area contributed by atoms with E-state index in [1.807, 2.05) is 6.07 Å². The molecule has 0 saturated carbocycles. The van der Waals surface area contributed by atoms with E-state index < -0.39 is 0 Å². The number of ether oxygens (including phenoxy) is 2. The summed E-state index contributed by atoms with van der Waals surface area (Å²) < 4.78 is 10.7. The van der Waals surface area contributed by atoms with Crippen LogP contribution in [0.25, 0.3) is 0 Å². The molecule has 1 aliphatic rings. The van der Waals surface area contributed by atoms with Gasteiger partial charge in [-0.25, -0.2) is 0 Å². The van der Waals surface area contributed by atoms with Crippen molar-refractivity contribution in [1.29, 1.82) is 0 Å². The first-order chi connectivity index (χ1) is 9.20. The third-order valence-corrected chi connectivity index (χ3v) is 3.69. The molecule has 106 valence electrons. The lowest BCUT2D eigenvalue weighted by Crippen LogP contribution is -2.32. The van der Waals surface area contributed by atoms with Gasteiger partial charge in [0, 0.05) is 6.04 Å². The normalized spacial score (nSPS) is 14.9. The highest BCUT2D eigenvalue weighted by atomic mass is 16.7. The van der Waals surface area contributed by atoms with E-state index >= 15 is 0 Å². The third-order valence-electron chi connectivity index (χ3n) is 3.69. The first-order valence-electron chi connectivity index (χ1n) is 6.99. The maximum Gasteiger partial charge on any atom is 0.231 e. The third kappa shape index (κ3) is 3.85. The molecular formula is C15H24N2O2. The first-order valence-corrected chi connectivity index (χ1v) is 6.99. The summed E-state index contributed by atoms with van der Waals surface area (Å²) in [6, 6.07) is 6.72. The van der Waals surface area contributed by atoms with Gasteiger partial charge in [-0.3, -0.25) is 0 Å². The fraction of sp³-hybridized carbons (Fsp3) is 0.600. The molecule has 19 heavy (non-hydrogen) atoms. The Morgan fingerprint density at radius 3 is 2.84 bits per heavy atom. The highest BCUT2D eigenvalue weighted by Crippen LogP contribution is 2.32. The SMILES string of the molecule is CC(Cc1ccc2c(c1)OCO2)N(C)CCCCN. The zero-order chi connectivity index (χ0) is 13.7. The van der Waals surface area contributed by atoms with Crippen molar-refractivity contribution in [2.75, 3.05) is 26.9 Å². The van der Waals surface area contributed by atoms with Gasteiger partial charge in [0.25, 0.3) is 0 Å². The molecule has 1 unspecified atom stereocenters. The number of nitrogens with zero attached hydrogens (tertiary/aromatic N) is 1.